The monoisotopic (exact) mass is 288 g/mol. The van der Waals surface area contributed by atoms with Crippen molar-refractivity contribution >= 4 is 22.5 Å². The number of aromatic nitrogens is 1. The molecule has 0 aliphatic heterocycles. The fourth-order valence-corrected chi connectivity index (χ4v) is 2.11. The molecule has 2 rings (SSSR count). The van der Waals surface area contributed by atoms with Crippen molar-refractivity contribution < 1.29 is 13.2 Å². The lowest BCUT2D eigenvalue weighted by atomic mass is 10.1. The summed E-state index contributed by atoms with van der Waals surface area (Å²) < 4.78 is 36.8. The van der Waals surface area contributed by atoms with Gasteiger partial charge >= 0.3 is 6.18 Å². The second-order valence-electron chi connectivity index (χ2n) is 4.42. The minimum Gasteiger partial charge on any atom is -0.294 e. The molecule has 6 heteroatoms. The number of rotatable bonds is 3. The maximum absolute atomic E-state index is 12.3. The smallest absolute Gasteiger partial charge is 0.294 e. The van der Waals surface area contributed by atoms with Gasteiger partial charge in [0.15, 0.2) is 0 Å². The largest absolute Gasteiger partial charge is 0.401 e. The maximum Gasteiger partial charge on any atom is 0.401 e. The van der Waals surface area contributed by atoms with Gasteiger partial charge < -0.3 is 0 Å². The van der Waals surface area contributed by atoms with Crippen LogP contribution in [-0.4, -0.2) is 29.7 Å². The molecule has 2 nitrogen and oxygen atoms in total. The van der Waals surface area contributed by atoms with Gasteiger partial charge in [0.2, 0.25) is 0 Å². The molecule has 1 aromatic carbocycles. The predicted molar refractivity (Wildman–Crippen MR) is 69.1 cm³/mol. The Morgan fingerprint density at radius 2 is 1.95 bits per heavy atom. The molecule has 0 atom stereocenters. The van der Waals surface area contributed by atoms with Crippen LogP contribution in [0.25, 0.3) is 10.9 Å². The van der Waals surface area contributed by atoms with Crippen molar-refractivity contribution in [3.63, 3.8) is 0 Å². The quantitative estimate of drug-likeness (QED) is 0.797. The molecule has 0 spiro atoms. The Morgan fingerprint density at radius 3 is 2.63 bits per heavy atom. The molecule has 0 bridgehead atoms. The normalized spacial score (nSPS) is 12.3. The second-order valence-corrected chi connectivity index (χ2v) is 4.78. The van der Waals surface area contributed by atoms with Gasteiger partial charge in [-0.25, -0.2) is 4.98 Å². The van der Waals surface area contributed by atoms with Crippen molar-refractivity contribution in [2.75, 3.05) is 13.6 Å². The van der Waals surface area contributed by atoms with Gasteiger partial charge in [-0.2, -0.15) is 13.2 Å². The Balaban J connectivity index is 2.23. The predicted octanol–water partition coefficient (Wildman–Crippen LogP) is 3.88. The van der Waals surface area contributed by atoms with Gasteiger partial charge in [-0.1, -0.05) is 29.8 Å². The van der Waals surface area contributed by atoms with Gasteiger partial charge in [-0.3, -0.25) is 4.90 Å². The van der Waals surface area contributed by atoms with Crippen LogP contribution in [0.5, 0.6) is 0 Å². The van der Waals surface area contributed by atoms with Crippen LogP contribution in [0.2, 0.25) is 5.15 Å². The number of halogens is 4. The van der Waals surface area contributed by atoms with Crippen molar-refractivity contribution in [1.82, 2.24) is 9.88 Å². The molecule has 0 aliphatic carbocycles. The fourth-order valence-electron chi connectivity index (χ4n) is 1.90. The summed E-state index contributed by atoms with van der Waals surface area (Å²) in [5.41, 5.74) is 1.32. The molecule has 19 heavy (non-hydrogen) atoms. The summed E-state index contributed by atoms with van der Waals surface area (Å²) in [6, 6.07) is 9.12. The molecule has 1 aromatic heterocycles. The van der Waals surface area contributed by atoms with Crippen LogP contribution in [-0.2, 0) is 6.54 Å². The molecule has 102 valence electrons. The van der Waals surface area contributed by atoms with Gasteiger partial charge in [0.1, 0.15) is 5.15 Å². The van der Waals surface area contributed by atoms with E-state index >= 15 is 0 Å². The first kappa shape index (κ1) is 14.1. The number of pyridine rings is 1. The van der Waals surface area contributed by atoms with Gasteiger partial charge in [0.25, 0.3) is 0 Å². The van der Waals surface area contributed by atoms with Gasteiger partial charge in [0.05, 0.1) is 12.1 Å². The van der Waals surface area contributed by atoms with Gasteiger partial charge in [-0.15, -0.1) is 0 Å². The van der Waals surface area contributed by atoms with E-state index < -0.39 is 12.7 Å². The topological polar surface area (TPSA) is 16.1 Å². The summed E-state index contributed by atoms with van der Waals surface area (Å²) in [5.74, 6) is 0. The molecule has 1 heterocycles. The molecular weight excluding hydrogens is 277 g/mol. The van der Waals surface area contributed by atoms with Crippen molar-refractivity contribution in [1.29, 1.82) is 0 Å². The Bertz CT molecular complexity index is 584. The first-order valence-corrected chi connectivity index (χ1v) is 6.02. The van der Waals surface area contributed by atoms with Gasteiger partial charge in [0, 0.05) is 17.5 Å². The number of benzene rings is 1. The SMILES string of the molecule is CN(Cc1cc2ccccc2nc1Cl)CC(F)(F)F. The number of hydrogen-bond acceptors (Lipinski definition) is 2. The van der Waals surface area contributed by atoms with E-state index in [1.165, 1.54) is 7.05 Å². The third kappa shape index (κ3) is 3.81. The average molecular weight is 289 g/mol. The zero-order chi connectivity index (χ0) is 14.0. The molecule has 0 fully saturated rings. The number of alkyl halides is 3. The van der Waals surface area contributed by atoms with E-state index in [0.717, 1.165) is 15.8 Å². The molecule has 2 aromatic rings. The number of para-hydroxylation sites is 1. The average Bonchev–Trinajstić information content (AvgIpc) is 2.27. The highest BCUT2D eigenvalue weighted by molar-refractivity contribution is 6.30. The Morgan fingerprint density at radius 1 is 1.26 bits per heavy atom. The molecule has 0 amide bonds. The summed E-state index contributed by atoms with van der Waals surface area (Å²) in [5, 5.41) is 1.11. The van der Waals surface area contributed by atoms with Crippen molar-refractivity contribution in [3.8, 4) is 0 Å². The molecular formula is C13H12ClF3N2. The van der Waals surface area contributed by atoms with Crippen LogP contribution >= 0.6 is 11.6 Å². The minimum absolute atomic E-state index is 0.107. The fraction of sp³-hybridized carbons (Fsp3) is 0.308. The Labute approximate surface area is 113 Å². The van der Waals surface area contributed by atoms with E-state index in [0.29, 0.717) is 5.56 Å². The standard InChI is InChI=1S/C13H12ClF3N2/c1-19(8-13(15,16)17)7-10-6-9-4-2-3-5-11(9)18-12(10)14/h2-6H,7-8H2,1H3. The first-order chi connectivity index (χ1) is 8.85. The lowest BCUT2D eigenvalue weighted by Crippen LogP contribution is -2.30. The highest BCUT2D eigenvalue weighted by atomic mass is 35.5. The molecule has 0 N–H and O–H groups in total. The summed E-state index contributed by atoms with van der Waals surface area (Å²) in [4.78, 5) is 5.35. The van der Waals surface area contributed by atoms with Crippen LogP contribution in [0.15, 0.2) is 30.3 Å². The number of nitrogens with zero attached hydrogens (tertiary/aromatic N) is 2. The van der Waals surface area contributed by atoms with Crippen molar-refractivity contribution in [2.45, 2.75) is 12.7 Å². The molecule has 0 saturated carbocycles. The highest BCUT2D eigenvalue weighted by Gasteiger charge is 2.29. The zero-order valence-corrected chi connectivity index (χ0v) is 11.0. The molecule has 0 aliphatic rings. The maximum atomic E-state index is 12.3. The van der Waals surface area contributed by atoms with Crippen molar-refractivity contribution in [3.05, 3.63) is 41.0 Å². The summed E-state index contributed by atoms with van der Waals surface area (Å²) in [6.45, 7) is -0.869. The first-order valence-electron chi connectivity index (χ1n) is 5.64. The molecule has 0 saturated heterocycles. The minimum atomic E-state index is -4.22. The number of fused-ring (bicyclic) bond motifs is 1. The van der Waals surface area contributed by atoms with Crippen LogP contribution in [0.3, 0.4) is 0 Å². The van der Waals surface area contributed by atoms with Crippen LogP contribution in [0, 0.1) is 0 Å². The van der Waals surface area contributed by atoms with Crippen LogP contribution in [0.4, 0.5) is 13.2 Å². The van der Waals surface area contributed by atoms with Crippen LogP contribution in [0.1, 0.15) is 5.56 Å². The highest BCUT2D eigenvalue weighted by Crippen LogP contribution is 2.23. The van der Waals surface area contributed by atoms with Crippen molar-refractivity contribution in [2.24, 2.45) is 0 Å². The second kappa shape index (κ2) is 5.35. The van der Waals surface area contributed by atoms with E-state index in [4.69, 9.17) is 11.6 Å². The summed E-state index contributed by atoms with van der Waals surface area (Å²) in [6.07, 6.45) is -4.22. The molecule has 0 unspecified atom stereocenters. The third-order valence-electron chi connectivity index (χ3n) is 2.64. The van der Waals surface area contributed by atoms with E-state index in [-0.39, 0.29) is 11.7 Å². The van der Waals surface area contributed by atoms with Crippen LogP contribution < -0.4 is 0 Å². The van der Waals surface area contributed by atoms with E-state index in [9.17, 15) is 13.2 Å². The van der Waals surface area contributed by atoms with E-state index in [2.05, 4.69) is 4.98 Å². The van der Waals surface area contributed by atoms with Gasteiger partial charge in [-0.05, 0) is 19.2 Å². The third-order valence-corrected chi connectivity index (χ3v) is 2.97. The summed E-state index contributed by atoms with van der Waals surface area (Å²) in [7, 11) is 1.40. The van der Waals surface area contributed by atoms with E-state index in [1.54, 1.807) is 6.07 Å². The Kier molecular flexibility index (Phi) is 3.96. The Hall–Kier alpha value is -1.33. The molecule has 0 radical (unpaired) electrons. The number of hydrogen-bond donors (Lipinski definition) is 0. The lowest BCUT2D eigenvalue weighted by Gasteiger charge is -2.19. The summed E-state index contributed by atoms with van der Waals surface area (Å²) >= 11 is 6.00. The zero-order valence-electron chi connectivity index (χ0n) is 10.2. The lowest BCUT2D eigenvalue weighted by molar-refractivity contribution is -0.144. The van der Waals surface area contributed by atoms with E-state index in [1.807, 2.05) is 24.3 Å².